The van der Waals surface area contributed by atoms with Gasteiger partial charge in [-0.3, -0.25) is 0 Å². The highest BCUT2D eigenvalue weighted by Crippen LogP contribution is 2.49. The van der Waals surface area contributed by atoms with Crippen molar-refractivity contribution in [2.75, 3.05) is 0 Å². The summed E-state index contributed by atoms with van der Waals surface area (Å²) in [6, 6.07) is 79.9. The molecule has 57 heavy (non-hydrogen) atoms. The van der Waals surface area contributed by atoms with Crippen LogP contribution in [0, 0.1) is 0 Å². The zero-order valence-electron chi connectivity index (χ0n) is 31.3. The van der Waals surface area contributed by atoms with Gasteiger partial charge in [0, 0.05) is 27.6 Å². The molecule has 0 saturated heterocycles. The van der Waals surface area contributed by atoms with Gasteiger partial charge in [-0.1, -0.05) is 206 Å². The number of aromatic nitrogens is 2. The summed E-state index contributed by atoms with van der Waals surface area (Å²) < 4.78 is 0. The highest BCUT2D eigenvalue weighted by molar-refractivity contribution is 6.16. The van der Waals surface area contributed by atoms with Crippen molar-refractivity contribution in [3.8, 4) is 89.4 Å². The van der Waals surface area contributed by atoms with Crippen LogP contribution in [-0.4, -0.2) is 9.97 Å². The Morgan fingerprint density at radius 1 is 0.263 bits per heavy atom. The average molecular weight is 727 g/mol. The lowest BCUT2D eigenvalue weighted by Gasteiger charge is -2.17. The van der Waals surface area contributed by atoms with Crippen molar-refractivity contribution < 1.29 is 0 Å². The molecule has 2 aromatic heterocycles. The lowest BCUT2D eigenvalue weighted by atomic mass is 9.90. The normalized spacial score (nSPS) is 11.2. The molecule has 0 saturated carbocycles. The van der Waals surface area contributed by atoms with E-state index in [4.69, 9.17) is 4.98 Å². The van der Waals surface area contributed by atoms with Gasteiger partial charge in [0.25, 0.3) is 0 Å². The molecule has 0 fully saturated rings. The Hall–Kier alpha value is -7.55. The molecule has 0 unspecified atom stereocenters. The smallest absolute Gasteiger partial charge is 0.0810 e. The minimum absolute atomic E-state index is 0.928. The van der Waals surface area contributed by atoms with Crippen molar-refractivity contribution in [2.45, 2.75) is 0 Å². The highest BCUT2D eigenvalue weighted by atomic mass is 14.8. The number of H-pyrrole nitrogens is 1. The standard InChI is InChI=1S/C55H38N2/c1-6-19-38(20-7-1)43-29-16-32-46(35-43)52-49(41-25-12-4-13-26-41)51-54(48-34-18-31-45(37-48)40-23-10-3-11-24-40)56-53(50(55(51)57-52)42-27-14-5-15-28-42)47-33-17-30-44(36-47)39-21-8-2-9-22-39/h1-37,57H. The average Bonchev–Trinajstić information content (AvgIpc) is 3.71. The Balaban J connectivity index is 1.34. The van der Waals surface area contributed by atoms with Crippen molar-refractivity contribution in [3.05, 3.63) is 224 Å². The maximum Gasteiger partial charge on any atom is 0.0810 e. The molecule has 2 heteroatoms. The van der Waals surface area contributed by atoms with Crippen molar-refractivity contribution in [3.63, 3.8) is 0 Å². The summed E-state index contributed by atoms with van der Waals surface area (Å²) in [6.45, 7) is 0. The molecule has 0 atom stereocenters. The molecule has 268 valence electrons. The van der Waals surface area contributed by atoms with Crippen molar-refractivity contribution in [1.29, 1.82) is 0 Å². The highest BCUT2D eigenvalue weighted by Gasteiger charge is 2.26. The quantitative estimate of drug-likeness (QED) is 0.166. The van der Waals surface area contributed by atoms with Crippen LogP contribution in [0.15, 0.2) is 224 Å². The Morgan fingerprint density at radius 3 is 1.05 bits per heavy atom. The molecular formula is C55H38N2. The molecular weight excluding hydrogens is 689 g/mol. The van der Waals surface area contributed by atoms with Gasteiger partial charge < -0.3 is 4.98 Å². The van der Waals surface area contributed by atoms with E-state index in [1.807, 2.05) is 0 Å². The minimum atomic E-state index is 0.928. The fourth-order valence-corrected chi connectivity index (χ4v) is 8.12. The molecule has 2 nitrogen and oxygen atoms in total. The van der Waals surface area contributed by atoms with Crippen molar-refractivity contribution >= 4 is 10.9 Å². The summed E-state index contributed by atoms with van der Waals surface area (Å²) in [5.41, 5.74) is 18.6. The molecule has 0 aliphatic carbocycles. The Kier molecular flexibility index (Phi) is 8.91. The fourth-order valence-electron chi connectivity index (χ4n) is 8.12. The Labute approximate surface area is 333 Å². The van der Waals surface area contributed by atoms with Crippen LogP contribution in [0.25, 0.3) is 100 Å². The number of aromatic amines is 1. The number of pyridine rings is 1. The van der Waals surface area contributed by atoms with Gasteiger partial charge in [0.2, 0.25) is 0 Å². The number of nitrogens with zero attached hydrogens (tertiary/aromatic N) is 1. The van der Waals surface area contributed by atoms with Gasteiger partial charge in [0.05, 0.1) is 22.6 Å². The molecule has 0 bridgehead atoms. The van der Waals surface area contributed by atoms with E-state index < -0.39 is 0 Å². The summed E-state index contributed by atoms with van der Waals surface area (Å²) >= 11 is 0. The topological polar surface area (TPSA) is 28.7 Å². The van der Waals surface area contributed by atoms with Crippen molar-refractivity contribution in [1.82, 2.24) is 9.97 Å². The predicted octanol–water partition coefficient (Wildman–Crippen LogP) is 14.9. The first-order valence-corrected chi connectivity index (χ1v) is 19.5. The Morgan fingerprint density at radius 2 is 0.596 bits per heavy atom. The number of hydrogen-bond acceptors (Lipinski definition) is 1. The Bertz CT molecular complexity index is 2970. The summed E-state index contributed by atoms with van der Waals surface area (Å²) in [5, 5.41) is 1.09. The third kappa shape index (κ3) is 6.54. The molecule has 0 aliphatic heterocycles. The first kappa shape index (κ1) is 34.0. The second-order valence-corrected chi connectivity index (χ2v) is 14.4. The van der Waals surface area contributed by atoms with Gasteiger partial charge in [-0.2, -0.15) is 0 Å². The predicted molar refractivity (Wildman–Crippen MR) is 240 cm³/mol. The van der Waals surface area contributed by atoms with Gasteiger partial charge in [0.1, 0.15) is 0 Å². The zero-order valence-corrected chi connectivity index (χ0v) is 31.3. The van der Waals surface area contributed by atoms with E-state index in [1.165, 1.54) is 22.3 Å². The molecule has 0 radical (unpaired) electrons. The van der Waals surface area contributed by atoms with Crippen LogP contribution in [0.1, 0.15) is 0 Å². The van der Waals surface area contributed by atoms with E-state index in [2.05, 4.69) is 229 Å². The number of hydrogen-bond donors (Lipinski definition) is 1. The van der Waals surface area contributed by atoms with E-state index in [9.17, 15) is 0 Å². The molecule has 10 aromatic rings. The number of nitrogens with one attached hydrogen (secondary N) is 1. The summed E-state index contributed by atoms with van der Waals surface area (Å²) in [7, 11) is 0. The van der Waals surface area contributed by atoms with E-state index in [0.29, 0.717) is 0 Å². The third-order valence-electron chi connectivity index (χ3n) is 10.8. The molecule has 10 rings (SSSR count). The molecule has 0 amide bonds. The van der Waals surface area contributed by atoms with Crippen LogP contribution >= 0.6 is 0 Å². The van der Waals surface area contributed by atoms with E-state index in [1.54, 1.807) is 0 Å². The monoisotopic (exact) mass is 726 g/mol. The number of rotatable bonds is 8. The molecule has 0 spiro atoms. The van der Waals surface area contributed by atoms with E-state index in [0.717, 1.165) is 78.1 Å². The zero-order chi connectivity index (χ0) is 38.0. The van der Waals surface area contributed by atoms with Gasteiger partial charge in [-0.25, -0.2) is 4.98 Å². The van der Waals surface area contributed by atoms with Gasteiger partial charge in [-0.15, -0.1) is 0 Å². The summed E-state index contributed by atoms with van der Waals surface area (Å²) in [6.07, 6.45) is 0. The molecule has 1 N–H and O–H groups in total. The second-order valence-electron chi connectivity index (χ2n) is 14.4. The van der Waals surface area contributed by atoms with Gasteiger partial charge >= 0.3 is 0 Å². The summed E-state index contributed by atoms with van der Waals surface area (Å²) in [4.78, 5) is 9.92. The lowest BCUT2D eigenvalue weighted by molar-refractivity contribution is 1.34. The lowest BCUT2D eigenvalue weighted by Crippen LogP contribution is -1.97. The molecule has 8 aromatic carbocycles. The third-order valence-corrected chi connectivity index (χ3v) is 10.8. The number of benzene rings is 8. The molecule has 2 heterocycles. The fraction of sp³-hybridized carbons (Fsp3) is 0. The SMILES string of the molecule is c1ccc(-c2cccc(-c3nc(-c4cccc(-c5ccccc5)c4)c4c(-c5ccccc5)c(-c5cccc(-c6ccccc6)c5)[nH]c4c3-c3ccccc3)c2)cc1. The second kappa shape index (κ2) is 14.9. The van der Waals surface area contributed by atoms with Crippen LogP contribution < -0.4 is 0 Å². The van der Waals surface area contributed by atoms with Crippen LogP contribution in [0.4, 0.5) is 0 Å². The van der Waals surface area contributed by atoms with E-state index in [-0.39, 0.29) is 0 Å². The van der Waals surface area contributed by atoms with Crippen LogP contribution in [-0.2, 0) is 0 Å². The van der Waals surface area contributed by atoms with Crippen LogP contribution in [0.2, 0.25) is 0 Å². The maximum absolute atomic E-state index is 5.83. The van der Waals surface area contributed by atoms with Crippen LogP contribution in [0.3, 0.4) is 0 Å². The van der Waals surface area contributed by atoms with E-state index >= 15 is 0 Å². The maximum atomic E-state index is 5.83. The molecule has 0 aliphatic rings. The van der Waals surface area contributed by atoms with Gasteiger partial charge in [0.15, 0.2) is 0 Å². The minimum Gasteiger partial charge on any atom is -0.353 e. The van der Waals surface area contributed by atoms with Crippen molar-refractivity contribution in [2.24, 2.45) is 0 Å². The van der Waals surface area contributed by atoms with Gasteiger partial charge in [-0.05, 0) is 68.3 Å². The summed E-state index contributed by atoms with van der Waals surface area (Å²) in [5.74, 6) is 0. The first-order chi connectivity index (χ1) is 28.3. The largest absolute Gasteiger partial charge is 0.353 e. The van der Waals surface area contributed by atoms with Crippen LogP contribution in [0.5, 0.6) is 0 Å². The number of fused-ring (bicyclic) bond motifs is 1. The first-order valence-electron chi connectivity index (χ1n) is 19.5.